The van der Waals surface area contributed by atoms with Gasteiger partial charge in [-0.25, -0.2) is 0 Å². The number of ether oxygens (including phenoxy) is 1. The van der Waals surface area contributed by atoms with E-state index in [0.29, 0.717) is 6.42 Å². The van der Waals surface area contributed by atoms with Gasteiger partial charge in [0.05, 0.1) is 19.1 Å². The van der Waals surface area contributed by atoms with Gasteiger partial charge in [-0.2, -0.15) is 0 Å². The topological polar surface area (TPSA) is 46.5 Å². The van der Waals surface area contributed by atoms with E-state index in [1.54, 1.807) is 0 Å². The summed E-state index contributed by atoms with van der Waals surface area (Å²) in [5.41, 5.74) is 2.98. The second-order valence-corrected chi connectivity index (χ2v) is 5.14. The summed E-state index contributed by atoms with van der Waals surface area (Å²) >= 11 is 0. The van der Waals surface area contributed by atoms with Crippen molar-refractivity contribution >= 4 is 5.97 Å². The molecule has 0 fully saturated rings. The minimum absolute atomic E-state index is 0.333. The van der Waals surface area contributed by atoms with Crippen molar-refractivity contribution in [1.82, 2.24) is 0 Å². The Hall–Kier alpha value is -1.35. The minimum atomic E-state index is -0.794. The molecular weight excluding hydrogens is 240 g/mol. The predicted octanol–water partition coefficient (Wildman–Crippen LogP) is 3.32. The molecule has 1 aromatic carbocycles. The van der Waals surface area contributed by atoms with Crippen LogP contribution in [0.1, 0.15) is 49.0 Å². The monoisotopic (exact) mass is 264 g/mol. The Balaban J connectivity index is 2.96. The van der Waals surface area contributed by atoms with E-state index in [4.69, 9.17) is 4.74 Å². The summed E-state index contributed by atoms with van der Waals surface area (Å²) in [6.45, 7) is 6.04. The molecule has 3 heteroatoms. The van der Waals surface area contributed by atoms with E-state index >= 15 is 0 Å². The van der Waals surface area contributed by atoms with Crippen LogP contribution in [-0.4, -0.2) is 18.2 Å². The van der Waals surface area contributed by atoms with Gasteiger partial charge in [-0.05, 0) is 25.8 Å². The Bertz CT molecular complexity index is 406. The number of esters is 1. The minimum Gasteiger partial charge on any atom is -0.469 e. The normalized spacial score (nSPS) is 13.9. The molecule has 2 atom stereocenters. The van der Waals surface area contributed by atoms with Crippen LogP contribution >= 0.6 is 0 Å². The number of benzene rings is 1. The van der Waals surface area contributed by atoms with E-state index in [0.717, 1.165) is 29.5 Å². The first-order valence-corrected chi connectivity index (χ1v) is 6.83. The standard InChI is InChI=1S/C16H24O3/c1-5-6-7-14(16(18)19-4)15(17)13-9-11(2)8-12(3)10-13/h8-10,14-15,17H,5-7H2,1-4H3. The van der Waals surface area contributed by atoms with Gasteiger partial charge in [-0.1, -0.05) is 49.1 Å². The van der Waals surface area contributed by atoms with Gasteiger partial charge in [0.25, 0.3) is 0 Å². The zero-order valence-electron chi connectivity index (χ0n) is 12.3. The van der Waals surface area contributed by atoms with Crippen molar-refractivity contribution in [3.8, 4) is 0 Å². The van der Waals surface area contributed by atoms with Gasteiger partial charge in [0, 0.05) is 0 Å². The number of hydrogen-bond acceptors (Lipinski definition) is 3. The number of aliphatic hydroxyl groups excluding tert-OH is 1. The molecule has 0 aliphatic rings. The van der Waals surface area contributed by atoms with E-state index in [9.17, 15) is 9.90 Å². The number of carbonyl (C=O) groups is 1. The fourth-order valence-electron chi connectivity index (χ4n) is 2.39. The van der Waals surface area contributed by atoms with Crippen molar-refractivity contribution in [3.63, 3.8) is 0 Å². The zero-order valence-corrected chi connectivity index (χ0v) is 12.3. The third kappa shape index (κ3) is 4.35. The largest absolute Gasteiger partial charge is 0.469 e. The molecule has 19 heavy (non-hydrogen) atoms. The first-order valence-electron chi connectivity index (χ1n) is 6.83. The van der Waals surface area contributed by atoms with Crippen LogP contribution in [0.4, 0.5) is 0 Å². The van der Waals surface area contributed by atoms with Crippen LogP contribution in [-0.2, 0) is 9.53 Å². The van der Waals surface area contributed by atoms with E-state index in [1.807, 2.05) is 26.0 Å². The summed E-state index contributed by atoms with van der Waals surface area (Å²) in [4.78, 5) is 11.8. The van der Waals surface area contributed by atoms with Crippen molar-refractivity contribution in [2.45, 2.75) is 46.1 Å². The molecule has 1 N–H and O–H groups in total. The molecule has 1 rings (SSSR count). The molecule has 0 bridgehead atoms. The third-order valence-corrected chi connectivity index (χ3v) is 3.34. The van der Waals surface area contributed by atoms with E-state index in [-0.39, 0.29) is 5.97 Å². The molecule has 0 amide bonds. The Labute approximate surface area is 115 Å². The lowest BCUT2D eigenvalue weighted by Gasteiger charge is -2.21. The molecule has 0 saturated carbocycles. The maximum absolute atomic E-state index is 11.8. The summed E-state index contributed by atoms with van der Waals surface area (Å²) < 4.78 is 4.81. The third-order valence-electron chi connectivity index (χ3n) is 3.34. The van der Waals surface area contributed by atoms with Crippen LogP contribution in [0, 0.1) is 19.8 Å². The van der Waals surface area contributed by atoms with Crippen molar-refractivity contribution < 1.29 is 14.6 Å². The highest BCUT2D eigenvalue weighted by molar-refractivity contribution is 5.73. The van der Waals surface area contributed by atoms with E-state index < -0.39 is 12.0 Å². The molecular formula is C16H24O3. The van der Waals surface area contributed by atoms with Gasteiger partial charge in [0.15, 0.2) is 0 Å². The average Bonchev–Trinajstić information content (AvgIpc) is 2.37. The molecule has 0 spiro atoms. The predicted molar refractivity (Wildman–Crippen MR) is 75.9 cm³/mol. The number of hydrogen-bond donors (Lipinski definition) is 1. The summed E-state index contributed by atoms with van der Waals surface area (Å²) in [5, 5.41) is 10.5. The molecule has 0 aliphatic carbocycles. The highest BCUT2D eigenvalue weighted by atomic mass is 16.5. The maximum atomic E-state index is 11.8. The van der Waals surface area contributed by atoms with E-state index in [1.165, 1.54) is 7.11 Å². The molecule has 0 aliphatic heterocycles. The van der Waals surface area contributed by atoms with E-state index in [2.05, 4.69) is 13.0 Å². The molecule has 0 aromatic heterocycles. The van der Waals surface area contributed by atoms with Gasteiger partial charge >= 0.3 is 5.97 Å². The van der Waals surface area contributed by atoms with Gasteiger partial charge in [0.1, 0.15) is 0 Å². The second-order valence-electron chi connectivity index (χ2n) is 5.14. The quantitative estimate of drug-likeness (QED) is 0.802. The van der Waals surface area contributed by atoms with Crippen LogP contribution in [0.25, 0.3) is 0 Å². The number of methoxy groups -OCH3 is 1. The van der Waals surface area contributed by atoms with Gasteiger partial charge < -0.3 is 9.84 Å². The van der Waals surface area contributed by atoms with Crippen molar-refractivity contribution in [2.75, 3.05) is 7.11 Å². The van der Waals surface area contributed by atoms with Gasteiger partial charge in [0.2, 0.25) is 0 Å². The maximum Gasteiger partial charge on any atom is 0.311 e. The summed E-state index contributed by atoms with van der Waals surface area (Å²) in [7, 11) is 1.37. The Morgan fingerprint density at radius 3 is 2.32 bits per heavy atom. The number of unbranched alkanes of at least 4 members (excludes halogenated alkanes) is 1. The van der Waals surface area contributed by atoms with Crippen LogP contribution < -0.4 is 0 Å². The first kappa shape index (κ1) is 15.7. The lowest BCUT2D eigenvalue weighted by atomic mass is 9.90. The SMILES string of the molecule is CCCCC(C(=O)OC)C(O)c1cc(C)cc(C)c1. The molecule has 0 radical (unpaired) electrons. The van der Waals surface area contributed by atoms with Gasteiger partial charge in [-0.3, -0.25) is 4.79 Å². The lowest BCUT2D eigenvalue weighted by Crippen LogP contribution is -2.24. The number of carbonyl (C=O) groups excluding carboxylic acids is 1. The van der Waals surface area contributed by atoms with Crippen LogP contribution in [0.3, 0.4) is 0 Å². The van der Waals surface area contributed by atoms with Crippen LogP contribution in [0.15, 0.2) is 18.2 Å². The highest BCUT2D eigenvalue weighted by Crippen LogP contribution is 2.28. The average molecular weight is 264 g/mol. The van der Waals surface area contributed by atoms with Crippen molar-refractivity contribution in [1.29, 1.82) is 0 Å². The smallest absolute Gasteiger partial charge is 0.311 e. The molecule has 106 valence electrons. The fraction of sp³-hybridized carbons (Fsp3) is 0.562. The number of rotatable bonds is 6. The highest BCUT2D eigenvalue weighted by Gasteiger charge is 2.28. The Morgan fingerprint density at radius 2 is 1.84 bits per heavy atom. The Kier molecular flexibility index (Phi) is 6.03. The van der Waals surface area contributed by atoms with Crippen molar-refractivity contribution in [2.24, 2.45) is 5.92 Å². The first-order chi connectivity index (χ1) is 8.99. The molecule has 2 unspecified atom stereocenters. The van der Waals surface area contributed by atoms with Crippen molar-refractivity contribution in [3.05, 3.63) is 34.9 Å². The fourth-order valence-corrected chi connectivity index (χ4v) is 2.39. The summed E-state index contributed by atoms with van der Waals surface area (Å²) in [5.74, 6) is -0.814. The Morgan fingerprint density at radius 1 is 1.26 bits per heavy atom. The zero-order chi connectivity index (χ0) is 14.4. The number of aliphatic hydroxyl groups is 1. The summed E-state index contributed by atoms with van der Waals surface area (Å²) in [6, 6.07) is 5.91. The molecule has 3 nitrogen and oxygen atoms in total. The lowest BCUT2D eigenvalue weighted by molar-refractivity contribution is -0.150. The molecule has 0 saturated heterocycles. The van der Waals surface area contributed by atoms with Crippen LogP contribution in [0.2, 0.25) is 0 Å². The number of aryl methyl sites for hydroxylation is 2. The molecule has 1 aromatic rings. The van der Waals surface area contributed by atoms with Crippen LogP contribution in [0.5, 0.6) is 0 Å². The van der Waals surface area contributed by atoms with Gasteiger partial charge in [-0.15, -0.1) is 0 Å². The summed E-state index contributed by atoms with van der Waals surface area (Å²) in [6.07, 6.45) is 1.75. The second kappa shape index (κ2) is 7.29. The molecule has 0 heterocycles.